The van der Waals surface area contributed by atoms with Gasteiger partial charge in [-0.05, 0) is 18.1 Å². The number of quaternary nitrogens is 1. The van der Waals surface area contributed by atoms with Crippen LogP contribution in [0.2, 0.25) is 0 Å². The Morgan fingerprint density at radius 2 is 2.14 bits per heavy atom. The minimum atomic E-state index is -0.844. The van der Waals surface area contributed by atoms with Crippen molar-refractivity contribution < 1.29 is 23.7 Å². The van der Waals surface area contributed by atoms with Crippen molar-refractivity contribution in [3.05, 3.63) is 46.9 Å². The summed E-state index contributed by atoms with van der Waals surface area (Å²) in [6, 6.07) is 7.21. The Balaban J connectivity index is 1.79. The Morgan fingerprint density at radius 3 is 2.83 bits per heavy atom. The van der Waals surface area contributed by atoms with Gasteiger partial charge in [0.2, 0.25) is 5.91 Å². The Morgan fingerprint density at radius 1 is 1.38 bits per heavy atom. The summed E-state index contributed by atoms with van der Waals surface area (Å²) in [4.78, 5) is 25.7. The second-order valence-electron chi connectivity index (χ2n) is 8.41. The van der Waals surface area contributed by atoms with Gasteiger partial charge in [-0.15, -0.1) is 0 Å². The van der Waals surface area contributed by atoms with Gasteiger partial charge in [-0.2, -0.15) is 0 Å². The number of nitrogens with one attached hydrogen (secondary N) is 1. The molecule has 1 amide bonds. The predicted octanol–water partition coefficient (Wildman–Crippen LogP) is 2.71. The number of nitrogens with zero attached hydrogens (tertiary/aromatic N) is 1. The number of esters is 1. The summed E-state index contributed by atoms with van der Waals surface area (Å²) in [5.41, 5.74) is 1.31. The van der Waals surface area contributed by atoms with E-state index in [4.69, 9.17) is 9.47 Å². The van der Waals surface area contributed by atoms with Crippen LogP contribution in [0, 0.1) is 17.0 Å². The number of piperidine rings is 1. The van der Waals surface area contributed by atoms with Crippen molar-refractivity contribution in [1.82, 2.24) is 0 Å². The van der Waals surface area contributed by atoms with E-state index in [-0.39, 0.29) is 22.4 Å². The molecule has 29 heavy (non-hydrogen) atoms. The number of hydrogen-bond donors (Lipinski definition) is 1. The summed E-state index contributed by atoms with van der Waals surface area (Å²) < 4.78 is 9.79. The molecule has 2 saturated heterocycles. The number of fused-ring (bicyclic) bond motifs is 4. The molecule has 1 spiro atoms. The second kappa shape index (κ2) is 7.15. The van der Waals surface area contributed by atoms with Gasteiger partial charge in [0.15, 0.2) is 0 Å². The number of methoxy groups -OCH3 is 2. The molecule has 7 heteroatoms. The third-order valence-corrected chi connectivity index (χ3v) is 7.26. The SMILES string of the molecule is CC[C@@H]1C[N+]2([O-])CC[C@]3(C(=O)Nc4ccccc43)[C@@H]2C[C@@H]1/C(=C/OC)C(=O)OC. The molecule has 3 heterocycles. The lowest BCUT2D eigenvalue weighted by Gasteiger charge is -2.54. The van der Waals surface area contributed by atoms with Gasteiger partial charge in [0.25, 0.3) is 0 Å². The van der Waals surface area contributed by atoms with Crippen LogP contribution in [0.4, 0.5) is 5.69 Å². The van der Waals surface area contributed by atoms with Crippen LogP contribution in [-0.4, -0.2) is 49.9 Å². The largest absolute Gasteiger partial charge is 0.633 e. The molecule has 1 aromatic rings. The van der Waals surface area contributed by atoms with E-state index < -0.39 is 17.4 Å². The molecule has 7 nitrogen and oxygen atoms in total. The molecule has 4 rings (SSSR count). The topological polar surface area (TPSA) is 87.7 Å². The van der Waals surface area contributed by atoms with Crippen molar-refractivity contribution in [2.75, 3.05) is 32.6 Å². The average Bonchev–Trinajstić information content (AvgIpc) is 3.19. The fourth-order valence-corrected chi connectivity index (χ4v) is 5.90. The number of hydrogen-bond acceptors (Lipinski definition) is 5. The lowest BCUT2D eigenvalue weighted by atomic mass is 9.67. The van der Waals surface area contributed by atoms with Crippen LogP contribution in [0.3, 0.4) is 0 Å². The van der Waals surface area contributed by atoms with Crippen LogP contribution in [0.5, 0.6) is 0 Å². The first-order valence-electron chi connectivity index (χ1n) is 10.2. The van der Waals surface area contributed by atoms with Crippen molar-refractivity contribution in [2.45, 2.75) is 37.6 Å². The van der Waals surface area contributed by atoms with Crippen LogP contribution in [0.25, 0.3) is 0 Å². The van der Waals surface area contributed by atoms with Crippen molar-refractivity contribution in [3.63, 3.8) is 0 Å². The Hall–Kier alpha value is -2.38. The number of para-hydroxylation sites is 1. The van der Waals surface area contributed by atoms with E-state index in [9.17, 15) is 14.8 Å². The van der Waals surface area contributed by atoms with Crippen molar-refractivity contribution in [2.24, 2.45) is 11.8 Å². The molecule has 2 fully saturated rings. The van der Waals surface area contributed by atoms with Gasteiger partial charge in [0, 0.05) is 30.4 Å². The van der Waals surface area contributed by atoms with Crippen molar-refractivity contribution in [1.29, 1.82) is 0 Å². The van der Waals surface area contributed by atoms with E-state index in [1.807, 2.05) is 31.2 Å². The lowest BCUT2D eigenvalue weighted by Crippen LogP contribution is -2.61. The molecule has 1 aromatic carbocycles. The monoisotopic (exact) mass is 400 g/mol. The van der Waals surface area contributed by atoms with E-state index in [0.717, 1.165) is 17.7 Å². The van der Waals surface area contributed by atoms with Crippen LogP contribution >= 0.6 is 0 Å². The van der Waals surface area contributed by atoms with E-state index in [1.54, 1.807) is 0 Å². The number of amides is 1. The van der Waals surface area contributed by atoms with Gasteiger partial charge in [-0.25, -0.2) is 4.79 Å². The van der Waals surface area contributed by atoms with Crippen LogP contribution < -0.4 is 5.32 Å². The maximum atomic E-state index is 13.9. The minimum absolute atomic E-state index is 0.0270. The maximum Gasteiger partial charge on any atom is 0.337 e. The number of benzene rings is 1. The Bertz CT molecular complexity index is 869. The van der Waals surface area contributed by atoms with E-state index >= 15 is 0 Å². The summed E-state index contributed by atoms with van der Waals surface area (Å²) in [5, 5.41) is 16.9. The number of anilines is 1. The number of rotatable bonds is 4. The molecule has 0 radical (unpaired) electrons. The normalized spacial score (nSPS) is 35.8. The summed E-state index contributed by atoms with van der Waals surface area (Å²) in [6.07, 6.45) is 3.19. The zero-order valence-corrected chi connectivity index (χ0v) is 17.1. The first kappa shape index (κ1) is 19.9. The molecule has 156 valence electrons. The fraction of sp³-hybridized carbons (Fsp3) is 0.545. The first-order valence-corrected chi connectivity index (χ1v) is 10.2. The average molecular weight is 400 g/mol. The van der Waals surface area contributed by atoms with Gasteiger partial charge >= 0.3 is 5.97 Å². The smallest absolute Gasteiger partial charge is 0.337 e. The highest BCUT2D eigenvalue weighted by molar-refractivity contribution is 6.07. The second-order valence-corrected chi connectivity index (χ2v) is 8.41. The number of ether oxygens (including phenoxy) is 2. The molecule has 0 saturated carbocycles. The van der Waals surface area contributed by atoms with Gasteiger partial charge in [-0.1, -0.05) is 25.1 Å². The van der Waals surface area contributed by atoms with Crippen LogP contribution in [0.15, 0.2) is 36.1 Å². The highest BCUT2D eigenvalue weighted by Crippen LogP contribution is 2.56. The molecule has 1 N–H and O–H groups in total. The third kappa shape index (κ3) is 2.79. The lowest BCUT2D eigenvalue weighted by molar-refractivity contribution is -0.904. The Labute approximate surface area is 170 Å². The molecule has 5 atom stereocenters. The molecular formula is C22H28N2O5. The summed E-state index contributed by atoms with van der Waals surface area (Å²) in [6.45, 7) is 2.84. The molecule has 0 bridgehead atoms. The minimum Gasteiger partial charge on any atom is -0.633 e. The highest BCUT2D eigenvalue weighted by atomic mass is 16.6. The van der Waals surface area contributed by atoms with E-state index in [1.165, 1.54) is 20.5 Å². The number of carbonyl (C=O) groups is 2. The summed E-state index contributed by atoms with van der Waals surface area (Å²) in [5.74, 6) is -0.694. The summed E-state index contributed by atoms with van der Waals surface area (Å²) in [7, 11) is 2.85. The molecule has 0 aromatic heterocycles. The van der Waals surface area contributed by atoms with Gasteiger partial charge in [0.1, 0.15) is 11.5 Å². The summed E-state index contributed by atoms with van der Waals surface area (Å²) >= 11 is 0. The fourth-order valence-electron chi connectivity index (χ4n) is 5.90. The Kier molecular flexibility index (Phi) is 4.91. The van der Waals surface area contributed by atoms with E-state index in [2.05, 4.69) is 5.32 Å². The molecular weight excluding hydrogens is 372 g/mol. The van der Waals surface area contributed by atoms with Gasteiger partial charge in [-0.3, -0.25) is 4.79 Å². The standard InChI is InChI=1S/C22H28N2O5/c1-4-14-12-24(27)10-9-22(17-7-5-6-8-18(17)23-21(22)26)19(24)11-15(14)16(13-28-2)20(25)29-3/h5-8,13-15,19H,4,9-12H2,1-3H3,(H,23,26)/b16-13-/t14-,15+,19+,22-,24?/m1/s1. The molecule has 1 unspecified atom stereocenters. The van der Waals surface area contributed by atoms with Crippen molar-refractivity contribution in [3.8, 4) is 0 Å². The maximum absolute atomic E-state index is 13.9. The number of carbonyl (C=O) groups excluding carboxylic acids is 2. The zero-order chi connectivity index (χ0) is 20.8. The number of hydroxylamine groups is 3. The predicted molar refractivity (Wildman–Crippen MR) is 108 cm³/mol. The van der Waals surface area contributed by atoms with Gasteiger partial charge in [0.05, 0.1) is 39.1 Å². The van der Waals surface area contributed by atoms with Crippen LogP contribution in [-0.2, 0) is 24.5 Å². The first-order chi connectivity index (χ1) is 13.9. The highest BCUT2D eigenvalue weighted by Gasteiger charge is 2.65. The quantitative estimate of drug-likeness (QED) is 0.276. The van der Waals surface area contributed by atoms with Crippen molar-refractivity contribution >= 4 is 17.6 Å². The van der Waals surface area contributed by atoms with Crippen LogP contribution in [0.1, 0.15) is 31.7 Å². The van der Waals surface area contributed by atoms with E-state index in [0.29, 0.717) is 31.5 Å². The zero-order valence-electron chi connectivity index (χ0n) is 17.1. The molecule has 0 aliphatic carbocycles. The molecule has 3 aliphatic heterocycles. The van der Waals surface area contributed by atoms with Gasteiger partial charge < -0.3 is 24.6 Å². The third-order valence-electron chi connectivity index (χ3n) is 7.26. The molecule has 3 aliphatic rings.